The first kappa shape index (κ1) is 15.8. The molecule has 1 saturated heterocycles. The van der Waals surface area contributed by atoms with E-state index in [4.69, 9.17) is 5.73 Å². The van der Waals surface area contributed by atoms with Crippen molar-refractivity contribution in [1.82, 2.24) is 9.80 Å². The summed E-state index contributed by atoms with van der Waals surface area (Å²) >= 11 is 0. The van der Waals surface area contributed by atoms with Crippen molar-refractivity contribution in [1.29, 1.82) is 0 Å². The van der Waals surface area contributed by atoms with Gasteiger partial charge in [0.25, 0.3) is 0 Å². The molecule has 4 nitrogen and oxygen atoms in total. The van der Waals surface area contributed by atoms with E-state index in [0.717, 1.165) is 57.7 Å². The van der Waals surface area contributed by atoms with E-state index in [-0.39, 0.29) is 12.0 Å². The Morgan fingerprint density at radius 2 is 1.85 bits per heavy atom. The van der Waals surface area contributed by atoms with E-state index in [1.807, 2.05) is 0 Å². The second-order valence-electron chi connectivity index (χ2n) is 7.19. The van der Waals surface area contributed by atoms with Gasteiger partial charge in [0.05, 0.1) is 0 Å². The number of carbonyl (C=O) groups is 1. The van der Waals surface area contributed by atoms with E-state index < -0.39 is 0 Å². The van der Waals surface area contributed by atoms with Crippen molar-refractivity contribution in [2.45, 2.75) is 45.1 Å². The SMILES string of the molecule is CC1CCC(N)CC1C(=O)N1CCC(CN(C)C)CC1. The molecular formula is C16H31N3O. The van der Waals surface area contributed by atoms with Crippen LogP contribution in [-0.4, -0.2) is 55.5 Å². The molecule has 2 N–H and O–H groups in total. The van der Waals surface area contributed by atoms with Gasteiger partial charge < -0.3 is 15.5 Å². The van der Waals surface area contributed by atoms with Crippen LogP contribution >= 0.6 is 0 Å². The molecule has 2 fully saturated rings. The highest BCUT2D eigenvalue weighted by atomic mass is 16.2. The maximum atomic E-state index is 12.7. The fraction of sp³-hybridized carbons (Fsp3) is 0.938. The zero-order chi connectivity index (χ0) is 14.7. The molecule has 0 bridgehead atoms. The Kier molecular flexibility index (Phi) is 5.44. The molecule has 4 heteroatoms. The van der Waals surface area contributed by atoms with Crippen LogP contribution in [0.25, 0.3) is 0 Å². The predicted molar refractivity (Wildman–Crippen MR) is 82.3 cm³/mol. The third-order valence-corrected chi connectivity index (χ3v) is 5.10. The van der Waals surface area contributed by atoms with E-state index in [0.29, 0.717) is 11.8 Å². The van der Waals surface area contributed by atoms with Gasteiger partial charge in [-0.25, -0.2) is 0 Å². The summed E-state index contributed by atoms with van der Waals surface area (Å²) in [7, 11) is 4.26. The Hall–Kier alpha value is -0.610. The van der Waals surface area contributed by atoms with Crippen LogP contribution < -0.4 is 5.73 Å². The molecule has 0 radical (unpaired) electrons. The van der Waals surface area contributed by atoms with Crippen LogP contribution in [0.5, 0.6) is 0 Å². The van der Waals surface area contributed by atoms with Gasteiger partial charge >= 0.3 is 0 Å². The zero-order valence-electron chi connectivity index (χ0n) is 13.3. The van der Waals surface area contributed by atoms with Gasteiger partial charge in [-0.15, -0.1) is 0 Å². The van der Waals surface area contributed by atoms with Crippen LogP contribution in [0.1, 0.15) is 39.0 Å². The second-order valence-corrected chi connectivity index (χ2v) is 7.19. The van der Waals surface area contributed by atoms with Crippen molar-refractivity contribution in [3.05, 3.63) is 0 Å². The molecule has 2 rings (SSSR count). The number of rotatable bonds is 3. The molecule has 20 heavy (non-hydrogen) atoms. The van der Waals surface area contributed by atoms with Crippen LogP contribution in [0.4, 0.5) is 0 Å². The molecule has 0 aromatic carbocycles. The summed E-state index contributed by atoms with van der Waals surface area (Å²) in [5.74, 6) is 1.79. The van der Waals surface area contributed by atoms with Gasteiger partial charge in [-0.2, -0.15) is 0 Å². The van der Waals surface area contributed by atoms with Crippen molar-refractivity contribution in [3.63, 3.8) is 0 Å². The van der Waals surface area contributed by atoms with Gasteiger partial charge in [0.2, 0.25) is 5.91 Å². The van der Waals surface area contributed by atoms with Crippen LogP contribution in [0.3, 0.4) is 0 Å². The highest BCUT2D eigenvalue weighted by Gasteiger charge is 2.35. The number of amides is 1. The van der Waals surface area contributed by atoms with Gasteiger partial charge in [0.1, 0.15) is 0 Å². The van der Waals surface area contributed by atoms with Gasteiger partial charge in [-0.3, -0.25) is 4.79 Å². The molecule has 2 aliphatic rings. The normalized spacial score (nSPS) is 32.6. The molecule has 1 amide bonds. The standard InChI is InChI=1S/C16H31N3O/c1-12-4-5-14(17)10-15(12)16(20)19-8-6-13(7-9-19)11-18(2)3/h12-15H,4-11,17H2,1-3H3. The van der Waals surface area contributed by atoms with E-state index >= 15 is 0 Å². The summed E-state index contributed by atoms with van der Waals surface area (Å²) in [5, 5.41) is 0. The molecule has 1 saturated carbocycles. The topological polar surface area (TPSA) is 49.6 Å². The number of piperidine rings is 1. The van der Waals surface area contributed by atoms with E-state index in [1.54, 1.807) is 0 Å². The molecule has 1 aliphatic carbocycles. The lowest BCUT2D eigenvalue weighted by molar-refractivity contribution is -0.140. The van der Waals surface area contributed by atoms with Crippen molar-refractivity contribution in [2.75, 3.05) is 33.7 Å². The molecule has 1 aliphatic heterocycles. The average molecular weight is 281 g/mol. The lowest BCUT2D eigenvalue weighted by Gasteiger charge is -2.39. The van der Waals surface area contributed by atoms with Crippen molar-refractivity contribution in [3.8, 4) is 0 Å². The van der Waals surface area contributed by atoms with Crippen LogP contribution in [0.2, 0.25) is 0 Å². The minimum atomic E-state index is 0.171. The molecular weight excluding hydrogens is 250 g/mol. The third-order valence-electron chi connectivity index (χ3n) is 5.10. The number of nitrogens with two attached hydrogens (primary N) is 1. The monoisotopic (exact) mass is 281 g/mol. The van der Waals surface area contributed by atoms with Crippen molar-refractivity contribution in [2.24, 2.45) is 23.5 Å². The smallest absolute Gasteiger partial charge is 0.226 e. The first-order valence-corrected chi connectivity index (χ1v) is 8.16. The van der Waals surface area contributed by atoms with Crippen molar-refractivity contribution >= 4 is 5.91 Å². The zero-order valence-corrected chi connectivity index (χ0v) is 13.3. The molecule has 0 aromatic heterocycles. The summed E-state index contributed by atoms with van der Waals surface area (Å²) in [4.78, 5) is 17.1. The molecule has 116 valence electrons. The number of hydrogen-bond acceptors (Lipinski definition) is 3. The Labute approximate surface area is 123 Å². The first-order valence-electron chi connectivity index (χ1n) is 8.16. The third kappa shape index (κ3) is 3.95. The van der Waals surface area contributed by atoms with E-state index in [1.165, 1.54) is 0 Å². The average Bonchev–Trinajstić information content (AvgIpc) is 2.41. The van der Waals surface area contributed by atoms with E-state index in [2.05, 4.69) is 30.8 Å². The highest BCUT2D eigenvalue weighted by molar-refractivity contribution is 5.79. The molecule has 3 atom stereocenters. The maximum absolute atomic E-state index is 12.7. The summed E-state index contributed by atoms with van der Waals surface area (Å²) in [5.41, 5.74) is 6.06. The highest BCUT2D eigenvalue weighted by Crippen LogP contribution is 2.31. The molecule has 0 spiro atoms. The Morgan fingerprint density at radius 3 is 2.45 bits per heavy atom. The largest absolute Gasteiger partial charge is 0.342 e. The Balaban J connectivity index is 1.85. The summed E-state index contributed by atoms with van der Waals surface area (Å²) < 4.78 is 0. The second kappa shape index (κ2) is 6.90. The van der Waals surface area contributed by atoms with Crippen molar-refractivity contribution < 1.29 is 4.79 Å². The fourth-order valence-corrected chi connectivity index (χ4v) is 3.79. The first-order chi connectivity index (χ1) is 9.47. The predicted octanol–water partition coefficient (Wildman–Crippen LogP) is 1.55. The molecule has 0 aromatic rings. The lowest BCUT2D eigenvalue weighted by atomic mass is 9.77. The summed E-state index contributed by atoms with van der Waals surface area (Å²) in [6.07, 6.45) is 5.37. The van der Waals surface area contributed by atoms with Gasteiger partial charge in [0, 0.05) is 31.6 Å². The van der Waals surface area contributed by atoms with Gasteiger partial charge in [-0.1, -0.05) is 6.92 Å². The number of nitrogens with zero attached hydrogens (tertiary/aromatic N) is 2. The number of carbonyl (C=O) groups excluding carboxylic acids is 1. The van der Waals surface area contributed by atoms with E-state index in [9.17, 15) is 4.79 Å². The number of likely N-dealkylation sites (tertiary alicyclic amines) is 1. The quantitative estimate of drug-likeness (QED) is 0.854. The van der Waals surface area contributed by atoms with Gasteiger partial charge in [0.15, 0.2) is 0 Å². The summed E-state index contributed by atoms with van der Waals surface area (Å²) in [6, 6.07) is 0.228. The number of hydrogen-bond donors (Lipinski definition) is 1. The Morgan fingerprint density at radius 1 is 1.20 bits per heavy atom. The van der Waals surface area contributed by atoms with Crippen LogP contribution in [-0.2, 0) is 4.79 Å². The summed E-state index contributed by atoms with van der Waals surface area (Å²) in [6.45, 7) is 5.24. The maximum Gasteiger partial charge on any atom is 0.226 e. The van der Waals surface area contributed by atoms with Crippen LogP contribution in [0.15, 0.2) is 0 Å². The fourth-order valence-electron chi connectivity index (χ4n) is 3.79. The minimum Gasteiger partial charge on any atom is -0.342 e. The van der Waals surface area contributed by atoms with Crippen LogP contribution in [0, 0.1) is 17.8 Å². The lowest BCUT2D eigenvalue weighted by Crippen LogP contribution is -2.47. The Bertz CT molecular complexity index is 324. The molecule has 3 unspecified atom stereocenters. The minimum absolute atomic E-state index is 0.171. The molecule has 1 heterocycles. The van der Waals surface area contributed by atoms with Gasteiger partial charge in [-0.05, 0) is 58.0 Å².